The third-order valence-corrected chi connectivity index (χ3v) is 6.83. The summed E-state index contributed by atoms with van der Waals surface area (Å²) in [4.78, 5) is 28.7. The van der Waals surface area contributed by atoms with E-state index < -0.39 is 35.1 Å². The molecule has 3 heterocycles. The number of benzene rings is 2. The summed E-state index contributed by atoms with van der Waals surface area (Å²) in [5, 5.41) is 14.4. The number of primary amides is 1. The Kier molecular flexibility index (Phi) is 5.98. The van der Waals surface area contributed by atoms with Gasteiger partial charge in [0.2, 0.25) is 0 Å². The van der Waals surface area contributed by atoms with Crippen LogP contribution in [0.4, 0.5) is 29.3 Å². The molecule has 2 amide bonds. The zero-order valence-electron chi connectivity index (χ0n) is 20.3. The Balaban J connectivity index is 1.81. The molecule has 1 fully saturated rings. The molecule has 1 unspecified atom stereocenters. The lowest BCUT2D eigenvalue weighted by molar-refractivity contribution is -0.137. The first kappa shape index (κ1) is 24.8. The molecule has 0 spiro atoms. The fourth-order valence-electron chi connectivity index (χ4n) is 5.23. The van der Waals surface area contributed by atoms with E-state index in [0.29, 0.717) is 41.9 Å². The Hall–Kier alpha value is -3.86. The van der Waals surface area contributed by atoms with Gasteiger partial charge in [-0.3, -0.25) is 9.69 Å². The van der Waals surface area contributed by atoms with Crippen molar-refractivity contribution in [2.45, 2.75) is 39.0 Å². The summed E-state index contributed by atoms with van der Waals surface area (Å²) in [6.07, 6.45) is -4.59. The Bertz CT molecular complexity index is 1450. The topological polar surface area (TPSA) is 105 Å². The SMILES string of the molecule is Cc1cc(C)cc(-c2nn(-c3cc(N4CCC(O)C4)ccc3C(F)(F)F)c(=O)c3c2CCN3C(N)=O)c1. The molecule has 0 radical (unpaired) electrons. The molecule has 0 bridgehead atoms. The van der Waals surface area contributed by atoms with Gasteiger partial charge < -0.3 is 15.7 Å². The van der Waals surface area contributed by atoms with Gasteiger partial charge in [-0.25, -0.2) is 4.79 Å². The van der Waals surface area contributed by atoms with Crippen LogP contribution in [-0.2, 0) is 12.6 Å². The average molecular weight is 514 g/mol. The third kappa shape index (κ3) is 4.43. The summed E-state index contributed by atoms with van der Waals surface area (Å²) in [5.41, 5.74) is 6.79. The van der Waals surface area contributed by atoms with Crippen molar-refractivity contribution in [3.63, 3.8) is 0 Å². The van der Waals surface area contributed by atoms with Gasteiger partial charge in [0.05, 0.1) is 23.0 Å². The van der Waals surface area contributed by atoms with Gasteiger partial charge in [0.25, 0.3) is 5.56 Å². The van der Waals surface area contributed by atoms with Crippen molar-refractivity contribution in [1.29, 1.82) is 0 Å². The lowest BCUT2D eigenvalue weighted by Crippen LogP contribution is -2.39. The van der Waals surface area contributed by atoms with Crippen molar-refractivity contribution in [1.82, 2.24) is 9.78 Å². The van der Waals surface area contributed by atoms with E-state index in [2.05, 4.69) is 5.10 Å². The average Bonchev–Trinajstić information content (AvgIpc) is 3.45. The molecule has 2 aliphatic heterocycles. The predicted molar refractivity (Wildman–Crippen MR) is 133 cm³/mol. The van der Waals surface area contributed by atoms with Crippen LogP contribution in [0.15, 0.2) is 41.2 Å². The number of aliphatic hydroxyl groups is 1. The summed E-state index contributed by atoms with van der Waals surface area (Å²) in [5.74, 6) is 0. The molecule has 1 atom stereocenters. The molecule has 0 aliphatic carbocycles. The number of nitrogens with zero attached hydrogens (tertiary/aromatic N) is 4. The number of alkyl halides is 3. The first-order chi connectivity index (χ1) is 17.4. The number of amides is 2. The molecule has 0 saturated carbocycles. The van der Waals surface area contributed by atoms with E-state index in [4.69, 9.17) is 5.73 Å². The van der Waals surface area contributed by atoms with Crippen molar-refractivity contribution >= 4 is 17.4 Å². The number of halogens is 3. The van der Waals surface area contributed by atoms with E-state index in [-0.39, 0.29) is 18.8 Å². The van der Waals surface area contributed by atoms with Gasteiger partial charge in [0.1, 0.15) is 5.69 Å². The highest BCUT2D eigenvalue weighted by Crippen LogP contribution is 2.38. The summed E-state index contributed by atoms with van der Waals surface area (Å²) in [7, 11) is 0. The highest BCUT2D eigenvalue weighted by atomic mass is 19.4. The van der Waals surface area contributed by atoms with Crippen LogP contribution >= 0.6 is 0 Å². The van der Waals surface area contributed by atoms with Crippen LogP contribution in [0.5, 0.6) is 0 Å². The van der Waals surface area contributed by atoms with Gasteiger partial charge in [-0.2, -0.15) is 23.0 Å². The van der Waals surface area contributed by atoms with E-state index in [1.165, 1.54) is 12.1 Å². The summed E-state index contributed by atoms with van der Waals surface area (Å²) < 4.78 is 43.2. The number of carbonyl (C=O) groups is 1. The Morgan fingerprint density at radius 2 is 1.81 bits per heavy atom. The predicted octanol–water partition coefficient (Wildman–Crippen LogP) is 3.55. The minimum absolute atomic E-state index is 0.0632. The van der Waals surface area contributed by atoms with E-state index >= 15 is 0 Å². The molecular formula is C26H26F3N5O3. The normalized spacial score (nSPS) is 17.4. The number of hydrogen-bond acceptors (Lipinski definition) is 5. The summed E-state index contributed by atoms with van der Waals surface area (Å²) >= 11 is 0. The van der Waals surface area contributed by atoms with Gasteiger partial charge in [0, 0.05) is 36.4 Å². The third-order valence-electron chi connectivity index (χ3n) is 6.83. The second kappa shape index (κ2) is 8.91. The van der Waals surface area contributed by atoms with Crippen molar-refractivity contribution in [2.75, 3.05) is 29.4 Å². The van der Waals surface area contributed by atoms with Gasteiger partial charge in [-0.1, -0.05) is 17.2 Å². The number of aromatic nitrogens is 2. The van der Waals surface area contributed by atoms with E-state index in [9.17, 15) is 27.9 Å². The first-order valence-electron chi connectivity index (χ1n) is 11.9. The molecule has 3 aromatic rings. The number of nitrogens with two attached hydrogens (primary N) is 1. The number of aryl methyl sites for hydroxylation is 2. The highest BCUT2D eigenvalue weighted by Gasteiger charge is 2.37. The molecule has 37 heavy (non-hydrogen) atoms. The molecule has 1 aromatic heterocycles. The maximum atomic E-state index is 14.2. The van der Waals surface area contributed by atoms with Crippen LogP contribution in [0, 0.1) is 13.8 Å². The second-order valence-electron chi connectivity index (χ2n) is 9.60. The molecule has 3 N–H and O–H groups in total. The molecule has 2 aliphatic rings. The fourth-order valence-corrected chi connectivity index (χ4v) is 5.23. The standard InChI is InChI=1S/C26H26F3N5O3/c1-14-9-15(2)11-16(10-14)22-19-6-8-33(25(30)37)23(19)24(36)34(31-22)21-12-17(32-7-5-18(35)13-32)3-4-20(21)26(27,28)29/h3-4,9-12,18,35H,5-8,13H2,1-2H3,(H2,30,37). The van der Waals surface area contributed by atoms with Crippen LogP contribution in [0.3, 0.4) is 0 Å². The van der Waals surface area contributed by atoms with Crippen LogP contribution in [0.2, 0.25) is 0 Å². The van der Waals surface area contributed by atoms with E-state index in [1.54, 1.807) is 4.90 Å². The number of fused-ring (bicyclic) bond motifs is 1. The number of rotatable bonds is 3. The number of β-amino-alcohol motifs (C(OH)–C–C–N with tert-alkyl or cyclic N) is 1. The van der Waals surface area contributed by atoms with Crippen molar-refractivity contribution < 1.29 is 23.1 Å². The molecule has 194 valence electrons. The molecule has 8 nitrogen and oxygen atoms in total. The number of urea groups is 1. The quantitative estimate of drug-likeness (QED) is 0.558. The van der Waals surface area contributed by atoms with Gasteiger partial charge in [0.15, 0.2) is 0 Å². The zero-order valence-corrected chi connectivity index (χ0v) is 20.3. The number of hydrogen-bond donors (Lipinski definition) is 2. The first-order valence-corrected chi connectivity index (χ1v) is 11.9. The largest absolute Gasteiger partial charge is 0.418 e. The number of anilines is 2. The van der Waals surface area contributed by atoms with Crippen LogP contribution in [0.1, 0.15) is 28.7 Å². The van der Waals surface area contributed by atoms with Crippen molar-refractivity contribution in [3.05, 3.63) is 69.0 Å². The monoisotopic (exact) mass is 513 g/mol. The maximum Gasteiger partial charge on any atom is 0.418 e. The summed E-state index contributed by atoms with van der Waals surface area (Å²) in [6.45, 7) is 4.62. The summed E-state index contributed by atoms with van der Waals surface area (Å²) in [6, 6.07) is 8.26. The zero-order chi connectivity index (χ0) is 26.6. The lowest BCUT2D eigenvalue weighted by Gasteiger charge is -2.22. The second-order valence-corrected chi connectivity index (χ2v) is 9.60. The highest BCUT2D eigenvalue weighted by molar-refractivity contribution is 5.94. The number of carbonyl (C=O) groups excluding carboxylic acids is 1. The smallest absolute Gasteiger partial charge is 0.391 e. The molecular weight excluding hydrogens is 487 g/mol. The number of aliphatic hydroxyl groups excluding tert-OH is 1. The van der Waals surface area contributed by atoms with E-state index in [1.807, 2.05) is 32.0 Å². The minimum atomic E-state index is -4.78. The van der Waals surface area contributed by atoms with Crippen LogP contribution in [-0.4, -0.2) is 46.7 Å². The molecule has 2 aromatic carbocycles. The van der Waals surface area contributed by atoms with Crippen LogP contribution in [0.25, 0.3) is 16.9 Å². The van der Waals surface area contributed by atoms with E-state index in [0.717, 1.165) is 26.8 Å². The minimum Gasteiger partial charge on any atom is -0.391 e. The Morgan fingerprint density at radius 1 is 1.11 bits per heavy atom. The van der Waals surface area contributed by atoms with Gasteiger partial charge >= 0.3 is 12.2 Å². The maximum absolute atomic E-state index is 14.2. The van der Waals surface area contributed by atoms with Gasteiger partial charge in [-0.05, 0) is 57.0 Å². The lowest BCUT2D eigenvalue weighted by atomic mass is 10.0. The molecule has 5 rings (SSSR count). The Labute approximate surface area is 210 Å². The molecule has 11 heteroatoms. The Morgan fingerprint density at radius 3 is 2.41 bits per heavy atom. The molecule has 1 saturated heterocycles. The fraction of sp³-hybridized carbons (Fsp3) is 0.346. The van der Waals surface area contributed by atoms with Crippen molar-refractivity contribution in [2.24, 2.45) is 5.73 Å². The van der Waals surface area contributed by atoms with Crippen LogP contribution < -0.4 is 21.1 Å². The van der Waals surface area contributed by atoms with Gasteiger partial charge in [-0.15, -0.1) is 0 Å². The van der Waals surface area contributed by atoms with Crippen molar-refractivity contribution in [3.8, 4) is 16.9 Å².